The number of carbonyl (C=O) groups excluding carboxylic acids is 1. The summed E-state index contributed by atoms with van der Waals surface area (Å²) in [4.78, 5) is 32.5. The van der Waals surface area contributed by atoms with Crippen LogP contribution in [0.25, 0.3) is 11.3 Å². The van der Waals surface area contributed by atoms with Crippen LogP contribution in [-0.4, -0.2) is 45.1 Å². The van der Waals surface area contributed by atoms with Crippen molar-refractivity contribution >= 4 is 12.0 Å². The Morgan fingerprint density at radius 1 is 1.23 bits per heavy atom. The van der Waals surface area contributed by atoms with Gasteiger partial charge >= 0.3 is 12.0 Å². The van der Waals surface area contributed by atoms with E-state index in [1.165, 1.54) is 0 Å². The summed E-state index contributed by atoms with van der Waals surface area (Å²) in [5.41, 5.74) is 1.97. The number of urea groups is 1. The third kappa shape index (κ3) is 4.41. The van der Waals surface area contributed by atoms with Crippen molar-refractivity contribution in [2.75, 3.05) is 7.05 Å². The zero-order valence-electron chi connectivity index (χ0n) is 14.8. The predicted octanol–water partition coefficient (Wildman–Crippen LogP) is 2.86. The number of imidazole rings is 1. The second-order valence-electron chi connectivity index (χ2n) is 6.80. The molecule has 3 rings (SSSR count). The average molecular weight is 356 g/mol. The molecule has 0 radical (unpaired) electrons. The molecule has 3 N–H and O–H groups in total. The van der Waals surface area contributed by atoms with Gasteiger partial charge in [-0.3, -0.25) is 4.79 Å². The number of aliphatic carboxylic acids is 1. The van der Waals surface area contributed by atoms with E-state index in [2.05, 4.69) is 15.3 Å². The summed E-state index contributed by atoms with van der Waals surface area (Å²) < 4.78 is 0. The topological polar surface area (TPSA) is 98.3 Å². The number of amides is 2. The zero-order valence-corrected chi connectivity index (χ0v) is 14.8. The highest BCUT2D eigenvalue weighted by molar-refractivity contribution is 5.74. The highest BCUT2D eigenvalue weighted by Crippen LogP contribution is 2.24. The molecule has 0 spiro atoms. The van der Waals surface area contributed by atoms with Gasteiger partial charge in [-0.25, -0.2) is 9.78 Å². The first-order valence-electron chi connectivity index (χ1n) is 8.86. The molecule has 26 heavy (non-hydrogen) atoms. The van der Waals surface area contributed by atoms with Crippen molar-refractivity contribution in [2.45, 2.75) is 38.3 Å². The maximum Gasteiger partial charge on any atom is 0.317 e. The van der Waals surface area contributed by atoms with E-state index in [9.17, 15) is 9.59 Å². The molecule has 1 heterocycles. The molecule has 2 amide bonds. The van der Waals surface area contributed by atoms with Crippen LogP contribution in [-0.2, 0) is 11.3 Å². The number of benzene rings is 1. The monoisotopic (exact) mass is 356 g/mol. The second-order valence-corrected chi connectivity index (χ2v) is 6.80. The van der Waals surface area contributed by atoms with Gasteiger partial charge in [-0.15, -0.1) is 0 Å². The number of carboxylic acids is 1. The van der Waals surface area contributed by atoms with E-state index in [1.807, 2.05) is 30.3 Å². The van der Waals surface area contributed by atoms with Crippen molar-refractivity contribution in [3.05, 3.63) is 42.4 Å². The number of aromatic amines is 1. The molecule has 2 aromatic rings. The Morgan fingerprint density at radius 3 is 2.58 bits per heavy atom. The molecule has 1 aliphatic rings. The molecule has 0 saturated heterocycles. The fraction of sp³-hybridized carbons (Fsp3) is 0.421. The van der Waals surface area contributed by atoms with Gasteiger partial charge in [-0.1, -0.05) is 30.3 Å². The van der Waals surface area contributed by atoms with Crippen LogP contribution in [0, 0.1) is 5.92 Å². The molecular formula is C19H24N4O3. The molecule has 0 atom stereocenters. The van der Waals surface area contributed by atoms with Crippen LogP contribution in [0.2, 0.25) is 0 Å². The minimum absolute atomic E-state index is 0.0389. The number of rotatable bonds is 5. The van der Waals surface area contributed by atoms with Crippen LogP contribution < -0.4 is 5.32 Å². The maximum atomic E-state index is 12.4. The largest absolute Gasteiger partial charge is 0.481 e. The third-order valence-electron chi connectivity index (χ3n) is 4.85. The summed E-state index contributed by atoms with van der Waals surface area (Å²) in [7, 11) is 1.73. The van der Waals surface area contributed by atoms with Gasteiger partial charge in [0.25, 0.3) is 0 Å². The molecule has 7 heteroatoms. The van der Waals surface area contributed by atoms with Crippen molar-refractivity contribution in [1.29, 1.82) is 0 Å². The smallest absolute Gasteiger partial charge is 0.317 e. The quantitative estimate of drug-likeness (QED) is 0.767. The molecule has 1 saturated carbocycles. The van der Waals surface area contributed by atoms with Gasteiger partial charge in [0.2, 0.25) is 0 Å². The number of nitrogens with one attached hydrogen (secondary N) is 2. The number of H-pyrrole nitrogens is 1. The zero-order chi connectivity index (χ0) is 18.5. The van der Waals surface area contributed by atoms with Crippen LogP contribution >= 0.6 is 0 Å². The standard InChI is InChI=1S/C19H24N4O3/c1-23(19(26)21-15-9-7-14(8-10-15)18(24)25)12-17-20-11-16(22-17)13-5-3-2-4-6-13/h2-6,11,14-15H,7-10,12H2,1H3,(H,20,22)(H,21,26)(H,24,25). The van der Waals surface area contributed by atoms with Crippen LogP contribution in [0.5, 0.6) is 0 Å². The number of aromatic nitrogens is 2. The van der Waals surface area contributed by atoms with E-state index in [-0.39, 0.29) is 18.0 Å². The lowest BCUT2D eigenvalue weighted by Gasteiger charge is -2.28. The van der Waals surface area contributed by atoms with Gasteiger partial charge in [0, 0.05) is 13.1 Å². The highest BCUT2D eigenvalue weighted by Gasteiger charge is 2.27. The summed E-state index contributed by atoms with van der Waals surface area (Å²) in [6.07, 6.45) is 4.40. The average Bonchev–Trinajstić information content (AvgIpc) is 3.11. The molecule has 0 unspecified atom stereocenters. The normalized spacial score (nSPS) is 19.7. The molecule has 1 aromatic heterocycles. The molecule has 138 valence electrons. The number of hydrogen-bond donors (Lipinski definition) is 3. The van der Waals surface area contributed by atoms with Crippen LogP contribution in [0.4, 0.5) is 4.79 Å². The van der Waals surface area contributed by atoms with Crippen molar-refractivity contribution < 1.29 is 14.7 Å². The van der Waals surface area contributed by atoms with Crippen LogP contribution in [0.15, 0.2) is 36.5 Å². The number of hydrogen-bond acceptors (Lipinski definition) is 3. The van der Waals surface area contributed by atoms with Gasteiger partial charge in [-0.05, 0) is 31.2 Å². The molecule has 1 fully saturated rings. The van der Waals surface area contributed by atoms with Gasteiger partial charge in [0.15, 0.2) is 0 Å². The minimum Gasteiger partial charge on any atom is -0.481 e. The first-order valence-corrected chi connectivity index (χ1v) is 8.86. The van der Waals surface area contributed by atoms with Crippen molar-refractivity contribution in [3.8, 4) is 11.3 Å². The van der Waals surface area contributed by atoms with Gasteiger partial charge in [-0.2, -0.15) is 0 Å². The van der Waals surface area contributed by atoms with Gasteiger partial charge in [0.1, 0.15) is 5.82 Å². The van der Waals surface area contributed by atoms with Crippen molar-refractivity contribution in [1.82, 2.24) is 20.2 Å². The highest BCUT2D eigenvalue weighted by atomic mass is 16.4. The lowest BCUT2D eigenvalue weighted by molar-refractivity contribution is -0.142. The third-order valence-corrected chi connectivity index (χ3v) is 4.85. The second kappa shape index (κ2) is 8.03. The molecule has 1 aliphatic carbocycles. The molecule has 0 aliphatic heterocycles. The Labute approximate surface area is 152 Å². The lowest BCUT2D eigenvalue weighted by atomic mass is 9.86. The van der Waals surface area contributed by atoms with Gasteiger partial charge < -0.3 is 20.3 Å². The fourth-order valence-corrected chi connectivity index (χ4v) is 3.27. The van der Waals surface area contributed by atoms with E-state index in [0.717, 1.165) is 17.1 Å². The Kier molecular flexibility index (Phi) is 5.55. The van der Waals surface area contributed by atoms with E-state index in [0.29, 0.717) is 32.2 Å². The van der Waals surface area contributed by atoms with Crippen LogP contribution in [0.3, 0.4) is 0 Å². The summed E-state index contributed by atoms with van der Waals surface area (Å²) in [5, 5.41) is 12.0. The van der Waals surface area contributed by atoms with Crippen molar-refractivity contribution in [2.24, 2.45) is 5.92 Å². The molecule has 7 nitrogen and oxygen atoms in total. The Hall–Kier alpha value is -2.83. The summed E-state index contributed by atoms with van der Waals surface area (Å²) in [6.45, 7) is 0.378. The van der Waals surface area contributed by atoms with Crippen molar-refractivity contribution in [3.63, 3.8) is 0 Å². The van der Waals surface area contributed by atoms with Crippen LogP contribution in [0.1, 0.15) is 31.5 Å². The van der Waals surface area contributed by atoms with E-state index in [4.69, 9.17) is 5.11 Å². The Balaban J connectivity index is 1.50. The summed E-state index contributed by atoms with van der Waals surface area (Å²) in [5.74, 6) is -0.296. The van der Waals surface area contributed by atoms with E-state index >= 15 is 0 Å². The maximum absolute atomic E-state index is 12.4. The molecule has 1 aromatic carbocycles. The fourth-order valence-electron chi connectivity index (χ4n) is 3.27. The van der Waals surface area contributed by atoms with Gasteiger partial charge in [0.05, 0.1) is 24.4 Å². The summed E-state index contributed by atoms with van der Waals surface area (Å²) in [6, 6.07) is 9.77. The number of nitrogens with zero attached hydrogens (tertiary/aromatic N) is 2. The van der Waals surface area contributed by atoms with E-state index < -0.39 is 5.97 Å². The predicted molar refractivity (Wildman–Crippen MR) is 97.4 cm³/mol. The number of carbonyl (C=O) groups is 2. The Morgan fingerprint density at radius 2 is 1.92 bits per heavy atom. The Bertz CT molecular complexity index is 751. The summed E-state index contributed by atoms with van der Waals surface area (Å²) >= 11 is 0. The SMILES string of the molecule is CN(Cc1ncc(-c2ccccc2)[nH]1)C(=O)NC1CCC(C(=O)O)CC1. The first-order chi connectivity index (χ1) is 12.5. The first kappa shape index (κ1) is 18.0. The van der Waals surface area contributed by atoms with E-state index in [1.54, 1.807) is 18.1 Å². The molecule has 0 bridgehead atoms. The lowest BCUT2D eigenvalue weighted by Crippen LogP contribution is -2.44. The minimum atomic E-state index is -0.737. The number of carboxylic acid groups (broad SMARTS) is 1. The molecular weight excluding hydrogens is 332 g/mol.